The minimum atomic E-state index is -3.46. The minimum absolute atomic E-state index is 0.0610. The first-order valence-corrected chi connectivity index (χ1v) is 10.9. The Balaban J connectivity index is 1.59. The number of esters is 1. The highest BCUT2D eigenvalue weighted by atomic mass is 32.2. The molecule has 2 aromatic carbocycles. The molecule has 0 unspecified atom stereocenters. The largest absolute Gasteiger partial charge is 0.505 e. The van der Waals surface area contributed by atoms with Gasteiger partial charge in [-0.15, -0.1) is 4.40 Å². The third-order valence-electron chi connectivity index (χ3n) is 4.42. The van der Waals surface area contributed by atoms with Crippen molar-refractivity contribution in [1.82, 2.24) is 0 Å². The van der Waals surface area contributed by atoms with E-state index in [2.05, 4.69) is 14.5 Å². The number of aromatic hydroxyl groups is 1. The average molecular weight is 433 g/mol. The number of ether oxygens (including phenoxy) is 1. The van der Waals surface area contributed by atoms with E-state index in [0.29, 0.717) is 22.2 Å². The van der Waals surface area contributed by atoms with Crippen LogP contribution >= 0.6 is 11.8 Å². The second-order valence-electron chi connectivity index (χ2n) is 6.24. The molecule has 0 saturated heterocycles. The van der Waals surface area contributed by atoms with Crippen LogP contribution in [0.5, 0.6) is 5.75 Å². The molecule has 2 N–H and O–H groups in total. The van der Waals surface area contributed by atoms with Crippen LogP contribution in [0.4, 0.5) is 11.4 Å². The molecule has 4 rings (SSSR count). The van der Waals surface area contributed by atoms with Gasteiger partial charge >= 0.3 is 5.97 Å². The number of thioether (sulfide) groups is 1. The van der Waals surface area contributed by atoms with Crippen LogP contribution in [0.25, 0.3) is 0 Å². The SMILES string of the molecule is COC(=O)c1cccc(NC(=O)c2ccc3c(c2)SC2=NS(=O)(=O)CCN23)c1O. The van der Waals surface area contributed by atoms with E-state index >= 15 is 0 Å². The summed E-state index contributed by atoms with van der Waals surface area (Å²) >= 11 is 1.18. The first-order chi connectivity index (χ1) is 13.8. The van der Waals surface area contributed by atoms with Gasteiger partial charge in [-0.25, -0.2) is 13.2 Å². The maximum absolute atomic E-state index is 12.6. The Morgan fingerprint density at radius 3 is 2.83 bits per heavy atom. The Labute approximate surface area is 170 Å². The average Bonchev–Trinajstić information content (AvgIpc) is 3.04. The van der Waals surface area contributed by atoms with Gasteiger partial charge in [-0.1, -0.05) is 6.07 Å². The lowest BCUT2D eigenvalue weighted by Gasteiger charge is -2.22. The number of amides is 1. The maximum Gasteiger partial charge on any atom is 0.341 e. The second-order valence-corrected chi connectivity index (χ2v) is 9.01. The third kappa shape index (κ3) is 3.54. The highest BCUT2D eigenvalue weighted by Gasteiger charge is 2.33. The predicted molar refractivity (Wildman–Crippen MR) is 108 cm³/mol. The van der Waals surface area contributed by atoms with E-state index in [-0.39, 0.29) is 22.8 Å². The topological polar surface area (TPSA) is 125 Å². The molecule has 11 heteroatoms. The summed E-state index contributed by atoms with van der Waals surface area (Å²) in [6.07, 6.45) is 0. The molecule has 2 aliphatic rings. The summed E-state index contributed by atoms with van der Waals surface area (Å²) in [4.78, 5) is 26.8. The smallest absolute Gasteiger partial charge is 0.341 e. The molecule has 0 fully saturated rings. The van der Waals surface area contributed by atoms with E-state index < -0.39 is 21.9 Å². The van der Waals surface area contributed by atoms with Crippen LogP contribution < -0.4 is 10.2 Å². The molecule has 2 aliphatic heterocycles. The molecule has 0 atom stereocenters. The molecule has 0 aliphatic carbocycles. The number of hydrogen-bond acceptors (Lipinski definition) is 8. The number of para-hydroxylation sites is 1. The second kappa shape index (κ2) is 7.08. The fourth-order valence-corrected chi connectivity index (χ4v) is 5.28. The summed E-state index contributed by atoms with van der Waals surface area (Å²) in [7, 11) is -2.27. The quantitative estimate of drug-likeness (QED) is 0.556. The number of hydrogen-bond donors (Lipinski definition) is 2. The Kier molecular flexibility index (Phi) is 4.71. The van der Waals surface area contributed by atoms with Gasteiger partial charge in [-0.05, 0) is 42.1 Å². The van der Waals surface area contributed by atoms with Crippen molar-refractivity contribution in [3.8, 4) is 5.75 Å². The van der Waals surface area contributed by atoms with Crippen molar-refractivity contribution in [2.45, 2.75) is 4.90 Å². The number of phenols is 1. The summed E-state index contributed by atoms with van der Waals surface area (Å²) in [5, 5.41) is 13.2. The number of sulfonamides is 1. The van der Waals surface area contributed by atoms with Crippen molar-refractivity contribution in [2.75, 3.05) is 29.6 Å². The zero-order valence-corrected chi connectivity index (χ0v) is 16.7. The zero-order chi connectivity index (χ0) is 20.8. The fraction of sp³-hybridized carbons (Fsp3) is 0.167. The van der Waals surface area contributed by atoms with Crippen LogP contribution in [0.1, 0.15) is 20.7 Å². The van der Waals surface area contributed by atoms with Gasteiger partial charge < -0.3 is 20.1 Å². The zero-order valence-electron chi connectivity index (χ0n) is 15.1. The Morgan fingerprint density at radius 1 is 1.28 bits per heavy atom. The molecule has 0 spiro atoms. The maximum atomic E-state index is 12.6. The van der Waals surface area contributed by atoms with Crippen LogP contribution in [0.15, 0.2) is 45.7 Å². The van der Waals surface area contributed by atoms with Gasteiger partial charge in [0.25, 0.3) is 15.9 Å². The van der Waals surface area contributed by atoms with E-state index in [1.54, 1.807) is 23.1 Å². The molecule has 0 saturated carbocycles. The van der Waals surface area contributed by atoms with Gasteiger partial charge in [0.05, 0.1) is 24.2 Å². The molecule has 2 heterocycles. The van der Waals surface area contributed by atoms with Gasteiger partial charge in [0, 0.05) is 17.0 Å². The fourth-order valence-electron chi connectivity index (χ4n) is 2.99. The molecule has 0 bridgehead atoms. The van der Waals surface area contributed by atoms with Gasteiger partial charge in [-0.2, -0.15) is 0 Å². The number of fused-ring (bicyclic) bond motifs is 3. The van der Waals surface area contributed by atoms with E-state index in [0.717, 1.165) is 5.69 Å². The normalized spacial score (nSPS) is 16.4. The summed E-state index contributed by atoms with van der Waals surface area (Å²) in [5.41, 5.74) is 1.10. The van der Waals surface area contributed by atoms with Gasteiger partial charge in [0.1, 0.15) is 5.56 Å². The lowest BCUT2D eigenvalue weighted by Crippen LogP contribution is -2.35. The lowest BCUT2D eigenvalue weighted by atomic mass is 10.1. The lowest BCUT2D eigenvalue weighted by molar-refractivity contribution is 0.0597. The van der Waals surface area contributed by atoms with Crippen molar-refractivity contribution in [3.63, 3.8) is 0 Å². The first-order valence-electron chi connectivity index (χ1n) is 8.43. The van der Waals surface area contributed by atoms with Crippen molar-refractivity contribution >= 4 is 50.2 Å². The van der Waals surface area contributed by atoms with E-state index in [4.69, 9.17) is 0 Å². The summed E-state index contributed by atoms with van der Waals surface area (Å²) in [6, 6.07) is 9.31. The molecule has 0 aromatic heterocycles. The molecule has 2 aromatic rings. The molecular weight excluding hydrogens is 418 g/mol. The minimum Gasteiger partial charge on any atom is -0.505 e. The number of amidine groups is 1. The predicted octanol–water partition coefficient (Wildman–Crippen LogP) is 2.04. The van der Waals surface area contributed by atoms with Crippen LogP contribution in [0.3, 0.4) is 0 Å². The summed E-state index contributed by atoms with van der Waals surface area (Å²) in [5.74, 6) is -1.67. The van der Waals surface area contributed by atoms with Gasteiger partial charge in [0.2, 0.25) is 0 Å². The van der Waals surface area contributed by atoms with E-state index in [1.165, 1.54) is 37.1 Å². The van der Waals surface area contributed by atoms with Gasteiger partial charge in [-0.3, -0.25) is 4.79 Å². The molecular formula is C18H15N3O6S2. The molecule has 9 nitrogen and oxygen atoms in total. The number of anilines is 2. The van der Waals surface area contributed by atoms with Crippen molar-refractivity contribution in [2.24, 2.45) is 4.40 Å². The Morgan fingerprint density at radius 2 is 2.07 bits per heavy atom. The first kappa shape index (κ1) is 19.3. The number of methoxy groups -OCH3 is 1. The number of carbonyl (C=O) groups is 2. The summed E-state index contributed by atoms with van der Waals surface area (Å²) < 4.78 is 31.8. The highest BCUT2D eigenvalue weighted by molar-refractivity contribution is 8.15. The molecule has 29 heavy (non-hydrogen) atoms. The van der Waals surface area contributed by atoms with E-state index in [9.17, 15) is 23.1 Å². The Bertz CT molecular complexity index is 1180. The van der Waals surface area contributed by atoms with Crippen LogP contribution in [-0.4, -0.2) is 50.0 Å². The number of carbonyl (C=O) groups excluding carboxylic acids is 2. The van der Waals surface area contributed by atoms with Crippen molar-refractivity contribution in [1.29, 1.82) is 0 Å². The summed E-state index contributed by atoms with van der Waals surface area (Å²) in [6.45, 7) is 0.306. The highest BCUT2D eigenvalue weighted by Crippen LogP contribution is 2.42. The van der Waals surface area contributed by atoms with Crippen molar-refractivity contribution in [3.05, 3.63) is 47.5 Å². The molecule has 0 radical (unpaired) electrons. The number of phenolic OH excluding ortho intramolecular Hbond substituents is 1. The third-order valence-corrected chi connectivity index (χ3v) is 6.73. The van der Waals surface area contributed by atoms with Crippen molar-refractivity contribution < 1.29 is 27.9 Å². The van der Waals surface area contributed by atoms with Crippen LogP contribution in [0.2, 0.25) is 0 Å². The van der Waals surface area contributed by atoms with Crippen LogP contribution in [0, 0.1) is 0 Å². The number of benzene rings is 2. The molecule has 150 valence electrons. The van der Waals surface area contributed by atoms with Crippen LogP contribution in [-0.2, 0) is 14.8 Å². The number of nitrogens with one attached hydrogen (secondary N) is 1. The number of rotatable bonds is 3. The standard InChI is InChI=1S/C18H15N3O6S2/c1-27-17(24)11-3-2-4-12(15(11)22)19-16(23)10-5-6-13-14(9-10)28-18-20-29(25,26)8-7-21(13)18/h2-6,9,22H,7-8H2,1H3,(H,19,23). The molecule has 1 amide bonds. The van der Waals surface area contributed by atoms with E-state index in [1.807, 2.05) is 0 Å². The Hall–Kier alpha value is -3.05. The monoisotopic (exact) mass is 433 g/mol. The van der Waals surface area contributed by atoms with Gasteiger partial charge in [0.15, 0.2) is 10.9 Å². The number of nitrogens with zero attached hydrogens (tertiary/aromatic N) is 2.